The molecule has 0 radical (unpaired) electrons. The lowest BCUT2D eigenvalue weighted by Gasteiger charge is -2.25. The van der Waals surface area contributed by atoms with Crippen molar-refractivity contribution in [1.29, 1.82) is 0 Å². The number of nitrogens with zero attached hydrogens (tertiary/aromatic N) is 1. The maximum absolute atomic E-state index is 12.7. The number of thioether (sulfide) groups is 1. The summed E-state index contributed by atoms with van der Waals surface area (Å²) >= 11 is 7.47. The summed E-state index contributed by atoms with van der Waals surface area (Å²) in [6, 6.07) is 14.0. The Hall–Kier alpha value is -1.74. The van der Waals surface area contributed by atoms with Crippen LogP contribution in [0.5, 0.6) is 5.75 Å². The zero-order valence-corrected chi connectivity index (χ0v) is 19.6. The first-order chi connectivity index (χ1) is 14.9. The van der Waals surface area contributed by atoms with Gasteiger partial charge in [-0.1, -0.05) is 30.2 Å². The van der Waals surface area contributed by atoms with Crippen LogP contribution in [0.3, 0.4) is 0 Å². The van der Waals surface area contributed by atoms with Crippen LogP contribution in [-0.2, 0) is 20.6 Å². The van der Waals surface area contributed by atoms with Crippen molar-refractivity contribution in [3.05, 3.63) is 59.1 Å². The first-order valence-corrected chi connectivity index (χ1v) is 13.2. The Labute approximate surface area is 193 Å². The van der Waals surface area contributed by atoms with Crippen molar-refractivity contribution in [2.24, 2.45) is 0 Å². The van der Waals surface area contributed by atoms with Gasteiger partial charge in [0.25, 0.3) is 0 Å². The van der Waals surface area contributed by atoms with Crippen molar-refractivity contribution >= 4 is 39.3 Å². The molecule has 3 rings (SSSR count). The molecule has 2 aromatic carbocycles. The minimum atomic E-state index is -3.44. The van der Waals surface area contributed by atoms with Crippen molar-refractivity contribution in [1.82, 2.24) is 9.62 Å². The zero-order valence-electron chi connectivity index (χ0n) is 17.3. The molecule has 9 heteroatoms. The molecule has 168 valence electrons. The van der Waals surface area contributed by atoms with Gasteiger partial charge in [-0.05, 0) is 54.8 Å². The summed E-state index contributed by atoms with van der Waals surface area (Å²) in [6.07, 6.45) is 2.90. The minimum Gasteiger partial charge on any atom is -0.492 e. The highest BCUT2D eigenvalue weighted by Crippen LogP contribution is 2.22. The third kappa shape index (κ3) is 7.42. The number of carbonyl (C=O) groups is 1. The summed E-state index contributed by atoms with van der Waals surface area (Å²) in [4.78, 5) is 12.2. The third-order valence-electron chi connectivity index (χ3n) is 4.86. The van der Waals surface area contributed by atoms with E-state index in [2.05, 4.69) is 5.32 Å². The van der Waals surface area contributed by atoms with Gasteiger partial charge in [0, 0.05) is 23.9 Å². The fourth-order valence-corrected chi connectivity index (χ4v) is 5.80. The number of halogens is 1. The molecular formula is C22H27ClN2O4S2. The second-order valence-electron chi connectivity index (χ2n) is 7.26. The molecule has 2 aromatic rings. The number of piperidine rings is 1. The standard InChI is InChI=1S/C22H27ClN2O4S2/c23-19-6-4-5-18(15-19)16-30-17-22(26)24-11-14-29-20-7-9-21(10-8-20)31(27,28)25-12-2-1-3-13-25/h4-10,15H,1-3,11-14,16-17H2,(H,24,26). The Morgan fingerprint density at radius 3 is 2.55 bits per heavy atom. The molecule has 1 aliphatic rings. The van der Waals surface area contributed by atoms with E-state index < -0.39 is 10.0 Å². The third-order valence-corrected chi connectivity index (χ3v) is 8.01. The first-order valence-electron chi connectivity index (χ1n) is 10.3. The molecule has 0 saturated carbocycles. The SMILES string of the molecule is O=C(CSCc1cccc(Cl)c1)NCCOc1ccc(S(=O)(=O)N2CCCCC2)cc1. The fraction of sp³-hybridized carbons (Fsp3) is 0.409. The van der Waals surface area contributed by atoms with E-state index in [9.17, 15) is 13.2 Å². The Kier molecular flexibility index (Phi) is 9.07. The second kappa shape index (κ2) is 11.8. The van der Waals surface area contributed by atoms with Crippen molar-refractivity contribution in [3.63, 3.8) is 0 Å². The van der Waals surface area contributed by atoms with Crippen LogP contribution in [0.2, 0.25) is 5.02 Å². The highest BCUT2D eigenvalue weighted by Gasteiger charge is 2.25. The predicted molar refractivity (Wildman–Crippen MR) is 125 cm³/mol. The predicted octanol–water partition coefficient (Wildman–Crippen LogP) is 3.94. The number of benzene rings is 2. The molecule has 1 heterocycles. The molecule has 31 heavy (non-hydrogen) atoms. The molecule has 0 bridgehead atoms. The van der Waals surface area contributed by atoms with Crippen LogP contribution < -0.4 is 10.1 Å². The molecular weight excluding hydrogens is 456 g/mol. The van der Waals surface area contributed by atoms with E-state index in [4.69, 9.17) is 16.3 Å². The fourth-order valence-electron chi connectivity index (χ4n) is 3.26. The van der Waals surface area contributed by atoms with Crippen LogP contribution in [0.25, 0.3) is 0 Å². The molecule has 1 saturated heterocycles. The molecule has 0 spiro atoms. The van der Waals surface area contributed by atoms with Gasteiger partial charge in [-0.25, -0.2) is 8.42 Å². The molecule has 0 aliphatic carbocycles. The Bertz CT molecular complexity index is 962. The maximum atomic E-state index is 12.7. The lowest BCUT2D eigenvalue weighted by atomic mass is 10.2. The minimum absolute atomic E-state index is 0.0569. The molecule has 0 atom stereocenters. The van der Waals surface area contributed by atoms with Gasteiger partial charge in [-0.15, -0.1) is 11.8 Å². The monoisotopic (exact) mass is 482 g/mol. The lowest BCUT2D eigenvalue weighted by Crippen LogP contribution is -2.35. The highest BCUT2D eigenvalue weighted by molar-refractivity contribution is 7.99. The Balaban J connectivity index is 1.35. The van der Waals surface area contributed by atoms with Crippen molar-refractivity contribution in [2.45, 2.75) is 29.9 Å². The molecule has 1 fully saturated rings. The van der Waals surface area contributed by atoms with Gasteiger partial charge in [0.05, 0.1) is 17.2 Å². The average Bonchev–Trinajstić information content (AvgIpc) is 2.78. The van der Waals surface area contributed by atoms with E-state index in [1.807, 2.05) is 24.3 Å². The maximum Gasteiger partial charge on any atom is 0.243 e. The number of hydrogen-bond donors (Lipinski definition) is 1. The summed E-state index contributed by atoms with van der Waals surface area (Å²) in [7, 11) is -3.44. The van der Waals surface area contributed by atoms with Gasteiger partial charge < -0.3 is 10.1 Å². The van der Waals surface area contributed by atoms with E-state index in [0.717, 1.165) is 30.6 Å². The Morgan fingerprint density at radius 2 is 1.84 bits per heavy atom. The van der Waals surface area contributed by atoms with Crippen molar-refractivity contribution in [2.75, 3.05) is 32.0 Å². The largest absolute Gasteiger partial charge is 0.492 e. The van der Waals surface area contributed by atoms with Crippen LogP contribution in [0.1, 0.15) is 24.8 Å². The van der Waals surface area contributed by atoms with Gasteiger partial charge in [0.2, 0.25) is 15.9 Å². The van der Waals surface area contributed by atoms with Crippen LogP contribution in [-0.4, -0.2) is 50.6 Å². The molecule has 0 aromatic heterocycles. The summed E-state index contributed by atoms with van der Waals surface area (Å²) in [5.74, 6) is 1.59. The quantitative estimate of drug-likeness (QED) is 0.519. The normalized spacial score (nSPS) is 14.9. The van der Waals surface area contributed by atoms with Crippen LogP contribution >= 0.6 is 23.4 Å². The summed E-state index contributed by atoms with van der Waals surface area (Å²) in [6.45, 7) is 1.85. The molecule has 1 amide bonds. The van der Waals surface area contributed by atoms with Gasteiger partial charge in [0.15, 0.2) is 0 Å². The topological polar surface area (TPSA) is 75.7 Å². The number of amides is 1. The van der Waals surface area contributed by atoms with E-state index in [0.29, 0.717) is 42.8 Å². The number of carbonyl (C=O) groups excluding carboxylic acids is 1. The number of hydrogen-bond acceptors (Lipinski definition) is 5. The lowest BCUT2D eigenvalue weighted by molar-refractivity contribution is -0.118. The number of sulfonamides is 1. The molecule has 1 aliphatic heterocycles. The zero-order chi connectivity index (χ0) is 22.1. The molecule has 0 unspecified atom stereocenters. The molecule has 6 nitrogen and oxygen atoms in total. The summed E-state index contributed by atoms with van der Waals surface area (Å²) in [5, 5.41) is 3.51. The number of nitrogens with one attached hydrogen (secondary N) is 1. The Morgan fingerprint density at radius 1 is 1.10 bits per heavy atom. The van der Waals surface area contributed by atoms with Crippen LogP contribution in [0.15, 0.2) is 53.4 Å². The van der Waals surface area contributed by atoms with Crippen LogP contribution in [0.4, 0.5) is 0 Å². The summed E-state index contributed by atoms with van der Waals surface area (Å²) < 4.78 is 32.5. The van der Waals surface area contributed by atoms with Crippen molar-refractivity contribution < 1.29 is 17.9 Å². The van der Waals surface area contributed by atoms with Gasteiger partial charge in [-0.3, -0.25) is 4.79 Å². The van der Waals surface area contributed by atoms with E-state index in [1.165, 1.54) is 11.8 Å². The van der Waals surface area contributed by atoms with E-state index in [1.54, 1.807) is 28.6 Å². The van der Waals surface area contributed by atoms with E-state index >= 15 is 0 Å². The average molecular weight is 483 g/mol. The number of rotatable bonds is 10. The van der Waals surface area contributed by atoms with Gasteiger partial charge >= 0.3 is 0 Å². The summed E-state index contributed by atoms with van der Waals surface area (Å²) in [5.41, 5.74) is 1.08. The van der Waals surface area contributed by atoms with Gasteiger partial charge in [-0.2, -0.15) is 4.31 Å². The van der Waals surface area contributed by atoms with Crippen molar-refractivity contribution in [3.8, 4) is 5.75 Å². The highest BCUT2D eigenvalue weighted by atomic mass is 35.5. The van der Waals surface area contributed by atoms with Gasteiger partial charge in [0.1, 0.15) is 12.4 Å². The van der Waals surface area contributed by atoms with E-state index in [-0.39, 0.29) is 10.8 Å². The number of ether oxygens (including phenoxy) is 1. The second-order valence-corrected chi connectivity index (χ2v) is 10.6. The van der Waals surface area contributed by atoms with Crippen LogP contribution in [0, 0.1) is 0 Å². The first kappa shape index (κ1) is 23.9. The smallest absolute Gasteiger partial charge is 0.243 e. The molecule has 1 N–H and O–H groups in total.